The molecule has 1 saturated carbocycles. The molecule has 100 valence electrons. The molecule has 1 aliphatic rings. The van der Waals surface area contributed by atoms with Crippen LogP contribution >= 0.6 is 0 Å². The predicted molar refractivity (Wildman–Crippen MR) is 79.2 cm³/mol. The van der Waals surface area contributed by atoms with E-state index in [9.17, 15) is 0 Å². The van der Waals surface area contributed by atoms with Gasteiger partial charge in [-0.15, -0.1) is 0 Å². The van der Waals surface area contributed by atoms with Crippen molar-refractivity contribution in [1.82, 2.24) is 0 Å². The minimum atomic E-state index is 0.0452. The van der Waals surface area contributed by atoms with Gasteiger partial charge in [-0.3, -0.25) is 0 Å². The van der Waals surface area contributed by atoms with Gasteiger partial charge in [0.05, 0.1) is 12.0 Å². The van der Waals surface area contributed by atoms with E-state index in [2.05, 4.69) is 30.3 Å². The first-order valence-corrected chi connectivity index (χ1v) is 7.08. The van der Waals surface area contributed by atoms with Crippen molar-refractivity contribution in [1.29, 1.82) is 5.26 Å². The zero-order chi connectivity index (χ0) is 13.8. The van der Waals surface area contributed by atoms with Gasteiger partial charge in [0.2, 0.25) is 0 Å². The normalized spacial score (nSPS) is 21.4. The van der Waals surface area contributed by atoms with Crippen LogP contribution in [0.1, 0.15) is 19.3 Å². The molecule has 3 rings (SSSR count). The molecule has 0 saturated heterocycles. The zero-order valence-corrected chi connectivity index (χ0v) is 11.3. The van der Waals surface area contributed by atoms with Crippen molar-refractivity contribution in [2.24, 2.45) is 5.92 Å². The van der Waals surface area contributed by atoms with Crippen molar-refractivity contribution in [2.45, 2.75) is 25.4 Å². The van der Waals surface area contributed by atoms with E-state index in [1.54, 1.807) is 0 Å². The SMILES string of the molecule is N#CC1CCCC1Oc1ccc(-c2ccccc2)cc1. The lowest BCUT2D eigenvalue weighted by atomic mass is 10.1. The molecule has 2 heteroatoms. The fourth-order valence-corrected chi connectivity index (χ4v) is 2.75. The Morgan fingerprint density at radius 3 is 2.30 bits per heavy atom. The van der Waals surface area contributed by atoms with Crippen molar-refractivity contribution >= 4 is 0 Å². The molecule has 0 aromatic heterocycles. The van der Waals surface area contributed by atoms with Crippen molar-refractivity contribution in [3.8, 4) is 22.9 Å². The highest BCUT2D eigenvalue weighted by Crippen LogP contribution is 2.30. The van der Waals surface area contributed by atoms with Gasteiger partial charge in [-0.2, -0.15) is 5.26 Å². The molecule has 2 aromatic carbocycles. The monoisotopic (exact) mass is 263 g/mol. The van der Waals surface area contributed by atoms with E-state index in [1.165, 1.54) is 11.1 Å². The second-order valence-corrected chi connectivity index (χ2v) is 5.21. The smallest absolute Gasteiger partial charge is 0.119 e. The second-order valence-electron chi connectivity index (χ2n) is 5.21. The number of nitrogens with zero attached hydrogens (tertiary/aromatic N) is 1. The van der Waals surface area contributed by atoms with Crippen molar-refractivity contribution in [3.63, 3.8) is 0 Å². The minimum Gasteiger partial charge on any atom is -0.489 e. The quantitative estimate of drug-likeness (QED) is 0.821. The van der Waals surface area contributed by atoms with E-state index in [-0.39, 0.29) is 12.0 Å². The third-order valence-corrected chi connectivity index (χ3v) is 3.87. The molecule has 0 aliphatic heterocycles. The molecule has 2 atom stereocenters. The summed E-state index contributed by atoms with van der Waals surface area (Å²) in [5.41, 5.74) is 2.39. The highest BCUT2D eigenvalue weighted by Gasteiger charge is 2.28. The predicted octanol–water partition coefficient (Wildman–Crippen LogP) is 4.42. The van der Waals surface area contributed by atoms with Gasteiger partial charge in [-0.05, 0) is 42.5 Å². The second kappa shape index (κ2) is 5.79. The van der Waals surface area contributed by atoms with E-state index in [1.807, 2.05) is 30.3 Å². The molecule has 0 spiro atoms. The maximum absolute atomic E-state index is 9.08. The Bertz CT molecular complexity index is 598. The fraction of sp³-hybridized carbons (Fsp3) is 0.278. The number of nitriles is 1. The number of ether oxygens (including phenoxy) is 1. The molecule has 2 nitrogen and oxygen atoms in total. The summed E-state index contributed by atoms with van der Waals surface area (Å²) in [6.45, 7) is 0. The average Bonchev–Trinajstić information content (AvgIpc) is 2.96. The lowest BCUT2D eigenvalue weighted by Gasteiger charge is -2.16. The van der Waals surface area contributed by atoms with Gasteiger partial charge in [0.15, 0.2) is 0 Å². The van der Waals surface area contributed by atoms with Crippen molar-refractivity contribution < 1.29 is 4.74 Å². The third kappa shape index (κ3) is 2.67. The van der Waals surface area contributed by atoms with E-state index in [0.29, 0.717) is 0 Å². The molecule has 0 bridgehead atoms. The van der Waals surface area contributed by atoms with E-state index in [0.717, 1.165) is 25.0 Å². The summed E-state index contributed by atoms with van der Waals surface area (Å²) in [5, 5.41) is 9.08. The Balaban J connectivity index is 1.72. The molecule has 0 N–H and O–H groups in total. The summed E-state index contributed by atoms with van der Waals surface area (Å²) in [7, 11) is 0. The Labute approximate surface area is 119 Å². The standard InChI is InChI=1S/C18H17NO/c19-13-16-7-4-8-18(16)20-17-11-9-15(10-12-17)14-5-2-1-3-6-14/h1-3,5-6,9-12,16,18H,4,7-8H2. The Morgan fingerprint density at radius 2 is 1.60 bits per heavy atom. The average molecular weight is 263 g/mol. The van der Waals surface area contributed by atoms with Gasteiger partial charge in [0.1, 0.15) is 11.9 Å². The molecule has 1 fully saturated rings. The molecule has 2 unspecified atom stereocenters. The number of hydrogen-bond acceptors (Lipinski definition) is 2. The van der Waals surface area contributed by atoms with Gasteiger partial charge in [-0.1, -0.05) is 42.5 Å². The summed E-state index contributed by atoms with van der Waals surface area (Å²) in [6, 6.07) is 20.8. The van der Waals surface area contributed by atoms with Crippen LogP contribution in [-0.2, 0) is 0 Å². The number of benzene rings is 2. The Kier molecular flexibility index (Phi) is 3.69. The maximum atomic E-state index is 9.08. The molecule has 1 aliphatic carbocycles. The maximum Gasteiger partial charge on any atom is 0.119 e. The molecule has 20 heavy (non-hydrogen) atoms. The Hall–Kier alpha value is -2.27. The van der Waals surface area contributed by atoms with Crippen LogP contribution in [0.4, 0.5) is 0 Å². The van der Waals surface area contributed by atoms with E-state index >= 15 is 0 Å². The van der Waals surface area contributed by atoms with Crippen LogP contribution in [0.3, 0.4) is 0 Å². The summed E-state index contributed by atoms with van der Waals surface area (Å²) < 4.78 is 5.95. The fourth-order valence-electron chi connectivity index (χ4n) is 2.75. The highest BCUT2D eigenvalue weighted by molar-refractivity contribution is 5.63. The first-order valence-electron chi connectivity index (χ1n) is 7.08. The number of rotatable bonds is 3. The van der Waals surface area contributed by atoms with Crippen LogP contribution < -0.4 is 4.74 Å². The lowest BCUT2D eigenvalue weighted by molar-refractivity contribution is 0.182. The van der Waals surface area contributed by atoms with Crippen LogP contribution in [0.25, 0.3) is 11.1 Å². The highest BCUT2D eigenvalue weighted by atomic mass is 16.5. The summed E-state index contributed by atoms with van der Waals surface area (Å²) in [4.78, 5) is 0. The van der Waals surface area contributed by atoms with E-state index in [4.69, 9.17) is 10.00 Å². The molecular weight excluding hydrogens is 246 g/mol. The van der Waals surface area contributed by atoms with Gasteiger partial charge in [0, 0.05) is 0 Å². The minimum absolute atomic E-state index is 0.0452. The topological polar surface area (TPSA) is 33.0 Å². The molecule has 0 amide bonds. The Morgan fingerprint density at radius 1 is 0.900 bits per heavy atom. The molecule has 0 radical (unpaired) electrons. The van der Waals surface area contributed by atoms with Crippen molar-refractivity contribution in [2.75, 3.05) is 0 Å². The van der Waals surface area contributed by atoms with Gasteiger partial charge >= 0.3 is 0 Å². The van der Waals surface area contributed by atoms with Crippen molar-refractivity contribution in [3.05, 3.63) is 54.6 Å². The molecule has 0 heterocycles. The lowest BCUT2D eigenvalue weighted by Crippen LogP contribution is -2.19. The van der Waals surface area contributed by atoms with Gasteiger partial charge < -0.3 is 4.74 Å². The molecule has 2 aromatic rings. The van der Waals surface area contributed by atoms with E-state index < -0.39 is 0 Å². The van der Waals surface area contributed by atoms with Crippen LogP contribution in [0.2, 0.25) is 0 Å². The van der Waals surface area contributed by atoms with Crippen LogP contribution in [0.15, 0.2) is 54.6 Å². The summed E-state index contributed by atoms with van der Waals surface area (Å²) >= 11 is 0. The van der Waals surface area contributed by atoms with Crippen LogP contribution in [-0.4, -0.2) is 6.10 Å². The first kappa shape index (κ1) is 12.7. The zero-order valence-electron chi connectivity index (χ0n) is 11.3. The summed E-state index contributed by atoms with van der Waals surface area (Å²) in [5.74, 6) is 0.903. The summed E-state index contributed by atoms with van der Waals surface area (Å²) in [6.07, 6.45) is 3.09. The largest absolute Gasteiger partial charge is 0.489 e. The molecular formula is C18H17NO. The third-order valence-electron chi connectivity index (χ3n) is 3.87. The number of hydrogen-bond donors (Lipinski definition) is 0. The first-order chi connectivity index (χ1) is 9.86. The van der Waals surface area contributed by atoms with Gasteiger partial charge in [-0.25, -0.2) is 0 Å². The van der Waals surface area contributed by atoms with Crippen LogP contribution in [0, 0.1) is 17.2 Å². The van der Waals surface area contributed by atoms with Gasteiger partial charge in [0.25, 0.3) is 0 Å². The van der Waals surface area contributed by atoms with Crippen LogP contribution in [0.5, 0.6) is 5.75 Å².